The number of amides is 1. The molecule has 8 heteroatoms. The van der Waals surface area contributed by atoms with Gasteiger partial charge in [0.25, 0.3) is 5.91 Å². The van der Waals surface area contributed by atoms with E-state index >= 15 is 0 Å². The van der Waals surface area contributed by atoms with E-state index in [1.54, 1.807) is 25.1 Å². The van der Waals surface area contributed by atoms with Crippen molar-refractivity contribution in [1.29, 1.82) is 0 Å². The lowest BCUT2D eigenvalue weighted by atomic mass is 10.2. The molecular weight excluding hydrogens is 426 g/mol. The molecule has 0 bridgehead atoms. The highest BCUT2D eigenvalue weighted by atomic mass is 79.9. The van der Waals surface area contributed by atoms with Crippen LogP contribution in [0.25, 0.3) is 0 Å². The van der Waals surface area contributed by atoms with Gasteiger partial charge in [0.2, 0.25) is 0 Å². The lowest BCUT2D eigenvalue weighted by Crippen LogP contribution is -2.20. The van der Waals surface area contributed by atoms with Crippen LogP contribution in [0.1, 0.15) is 22.8 Å². The molecule has 2 aromatic carbocycles. The molecule has 0 saturated carbocycles. The summed E-state index contributed by atoms with van der Waals surface area (Å²) in [4.78, 5) is 23.3. The van der Waals surface area contributed by atoms with E-state index in [1.165, 1.54) is 12.1 Å². The number of anilines is 1. The zero-order valence-electron chi connectivity index (χ0n) is 14.1. The summed E-state index contributed by atoms with van der Waals surface area (Å²) in [5.74, 6) is -0.979. The molecule has 0 unspecified atom stereocenters. The third kappa shape index (κ3) is 5.12. The summed E-state index contributed by atoms with van der Waals surface area (Å²) in [5.41, 5.74) is 1.51. The second-order valence-corrected chi connectivity index (χ2v) is 6.59. The quantitative estimate of drug-likeness (QED) is 0.658. The van der Waals surface area contributed by atoms with Gasteiger partial charge in [-0.15, -0.1) is 0 Å². The van der Waals surface area contributed by atoms with Crippen LogP contribution in [0.15, 0.2) is 34.8 Å². The standard InChI is InChI=1S/C18H17BrClNO5/c1-3-25-15-7-11(18(23)24)6-13(19)17(15)26-9-16(22)21-12-5-4-10(2)14(20)8-12/h4-8H,3,9H2,1-2H3,(H,21,22)(H,23,24). The van der Waals surface area contributed by atoms with E-state index in [1.807, 2.05) is 6.92 Å². The highest BCUT2D eigenvalue weighted by Crippen LogP contribution is 2.37. The third-order valence-corrected chi connectivity index (χ3v) is 4.36. The molecule has 0 atom stereocenters. The predicted molar refractivity (Wildman–Crippen MR) is 103 cm³/mol. The van der Waals surface area contributed by atoms with Gasteiger partial charge in [0, 0.05) is 10.7 Å². The number of benzene rings is 2. The zero-order valence-corrected chi connectivity index (χ0v) is 16.5. The first-order chi connectivity index (χ1) is 12.3. The summed E-state index contributed by atoms with van der Waals surface area (Å²) in [7, 11) is 0. The van der Waals surface area contributed by atoms with Gasteiger partial charge in [-0.2, -0.15) is 0 Å². The largest absolute Gasteiger partial charge is 0.490 e. The molecule has 0 saturated heterocycles. The van der Waals surface area contributed by atoms with Crippen molar-refractivity contribution in [3.05, 3.63) is 51.0 Å². The molecule has 0 aliphatic rings. The Morgan fingerprint density at radius 2 is 1.96 bits per heavy atom. The third-order valence-electron chi connectivity index (χ3n) is 3.36. The predicted octanol–water partition coefficient (Wildman–Crippen LogP) is 4.53. The topological polar surface area (TPSA) is 84.9 Å². The number of hydrogen-bond acceptors (Lipinski definition) is 4. The fraction of sp³-hybridized carbons (Fsp3) is 0.222. The van der Waals surface area contributed by atoms with Crippen molar-refractivity contribution in [3.8, 4) is 11.5 Å². The smallest absolute Gasteiger partial charge is 0.335 e. The van der Waals surface area contributed by atoms with Gasteiger partial charge < -0.3 is 19.9 Å². The molecule has 2 N–H and O–H groups in total. The highest BCUT2D eigenvalue weighted by molar-refractivity contribution is 9.10. The molecule has 0 aliphatic heterocycles. The summed E-state index contributed by atoms with van der Waals surface area (Å²) in [6, 6.07) is 7.93. The van der Waals surface area contributed by atoms with E-state index < -0.39 is 5.97 Å². The number of carbonyl (C=O) groups excluding carboxylic acids is 1. The Labute approximate surface area is 164 Å². The summed E-state index contributed by atoms with van der Waals surface area (Å²) in [6.07, 6.45) is 0. The number of hydrogen-bond donors (Lipinski definition) is 2. The Hall–Kier alpha value is -2.25. The highest BCUT2D eigenvalue weighted by Gasteiger charge is 2.17. The van der Waals surface area contributed by atoms with Gasteiger partial charge in [0.05, 0.1) is 16.6 Å². The van der Waals surface area contributed by atoms with Crippen molar-refractivity contribution in [1.82, 2.24) is 0 Å². The van der Waals surface area contributed by atoms with E-state index in [9.17, 15) is 9.59 Å². The number of aryl methyl sites for hydroxylation is 1. The summed E-state index contributed by atoms with van der Waals surface area (Å²) < 4.78 is 11.3. The summed E-state index contributed by atoms with van der Waals surface area (Å²) in [5, 5.41) is 12.4. The molecule has 1 amide bonds. The molecular formula is C18H17BrClNO5. The molecule has 0 fully saturated rings. The maximum Gasteiger partial charge on any atom is 0.335 e. The maximum absolute atomic E-state index is 12.1. The van der Waals surface area contributed by atoms with Gasteiger partial charge in [-0.3, -0.25) is 4.79 Å². The lowest BCUT2D eigenvalue weighted by molar-refractivity contribution is -0.118. The number of carboxylic acid groups (broad SMARTS) is 1. The Morgan fingerprint density at radius 1 is 1.23 bits per heavy atom. The minimum absolute atomic E-state index is 0.0476. The molecule has 0 heterocycles. The van der Waals surface area contributed by atoms with Crippen molar-refractivity contribution in [3.63, 3.8) is 0 Å². The minimum Gasteiger partial charge on any atom is -0.490 e. The van der Waals surface area contributed by atoms with Crippen LogP contribution in [0.4, 0.5) is 5.69 Å². The number of aromatic carboxylic acids is 1. The Balaban J connectivity index is 2.11. The molecule has 2 rings (SSSR count). The fourth-order valence-electron chi connectivity index (χ4n) is 2.10. The number of nitrogens with one attached hydrogen (secondary N) is 1. The van der Waals surface area contributed by atoms with Crippen LogP contribution >= 0.6 is 27.5 Å². The number of halogens is 2. The van der Waals surface area contributed by atoms with Crippen LogP contribution in [-0.4, -0.2) is 30.2 Å². The van der Waals surface area contributed by atoms with Gasteiger partial charge in [0.15, 0.2) is 18.1 Å². The van der Waals surface area contributed by atoms with Gasteiger partial charge >= 0.3 is 5.97 Å². The first kappa shape index (κ1) is 20.1. The van der Waals surface area contributed by atoms with Crippen LogP contribution < -0.4 is 14.8 Å². The van der Waals surface area contributed by atoms with Gasteiger partial charge in [-0.25, -0.2) is 4.79 Å². The lowest BCUT2D eigenvalue weighted by Gasteiger charge is -2.14. The van der Waals surface area contributed by atoms with Crippen LogP contribution in [0.2, 0.25) is 5.02 Å². The molecule has 0 aliphatic carbocycles. The molecule has 6 nitrogen and oxygen atoms in total. The molecule has 0 radical (unpaired) electrons. The number of ether oxygens (including phenoxy) is 2. The van der Waals surface area contributed by atoms with E-state index in [4.69, 9.17) is 26.2 Å². The van der Waals surface area contributed by atoms with Crippen molar-refractivity contribution in [2.24, 2.45) is 0 Å². The Kier molecular flexibility index (Phi) is 6.88. The summed E-state index contributed by atoms with van der Waals surface area (Å²) in [6.45, 7) is 3.67. The molecule has 138 valence electrons. The second kappa shape index (κ2) is 8.91. The van der Waals surface area contributed by atoms with Gasteiger partial charge in [-0.05, 0) is 59.6 Å². The van der Waals surface area contributed by atoms with Crippen molar-refractivity contribution < 1.29 is 24.2 Å². The fourth-order valence-corrected chi connectivity index (χ4v) is 2.84. The van der Waals surface area contributed by atoms with E-state index in [0.717, 1.165) is 5.56 Å². The monoisotopic (exact) mass is 441 g/mol. The van der Waals surface area contributed by atoms with Crippen LogP contribution in [-0.2, 0) is 4.79 Å². The second-order valence-electron chi connectivity index (χ2n) is 5.32. The molecule has 26 heavy (non-hydrogen) atoms. The molecule has 0 aromatic heterocycles. The summed E-state index contributed by atoms with van der Waals surface area (Å²) >= 11 is 9.29. The van der Waals surface area contributed by atoms with Gasteiger partial charge in [-0.1, -0.05) is 17.7 Å². The van der Waals surface area contributed by atoms with E-state index in [0.29, 0.717) is 21.8 Å². The molecule has 0 spiro atoms. The van der Waals surface area contributed by atoms with Crippen LogP contribution in [0.5, 0.6) is 11.5 Å². The van der Waals surface area contributed by atoms with Crippen LogP contribution in [0.3, 0.4) is 0 Å². The van der Waals surface area contributed by atoms with Gasteiger partial charge in [0.1, 0.15) is 0 Å². The zero-order chi connectivity index (χ0) is 19.3. The SMILES string of the molecule is CCOc1cc(C(=O)O)cc(Br)c1OCC(=O)Nc1ccc(C)c(Cl)c1. The maximum atomic E-state index is 12.1. The number of carboxylic acids is 1. The first-order valence-electron chi connectivity index (χ1n) is 7.70. The van der Waals surface area contributed by atoms with E-state index in [-0.39, 0.29) is 29.6 Å². The normalized spacial score (nSPS) is 10.3. The van der Waals surface area contributed by atoms with Crippen LogP contribution in [0, 0.1) is 6.92 Å². The molecule has 2 aromatic rings. The van der Waals surface area contributed by atoms with Crippen molar-refractivity contribution in [2.45, 2.75) is 13.8 Å². The minimum atomic E-state index is -1.09. The Morgan fingerprint density at radius 3 is 2.58 bits per heavy atom. The average molecular weight is 443 g/mol. The van der Waals surface area contributed by atoms with Crippen molar-refractivity contribution in [2.75, 3.05) is 18.5 Å². The average Bonchev–Trinajstić information content (AvgIpc) is 2.57. The number of carbonyl (C=O) groups is 2. The van der Waals surface area contributed by atoms with Crippen molar-refractivity contribution >= 4 is 45.1 Å². The van der Waals surface area contributed by atoms with E-state index in [2.05, 4.69) is 21.2 Å². The first-order valence-corrected chi connectivity index (χ1v) is 8.87. The number of rotatable bonds is 7. The Bertz CT molecular complexity index is 841.